The Kier molecular flexibility index (Phi) is 1.18. The second-order valence-electron chi connectivity index (χ2n) is 4.67. The predicted molar refractivity (Wildman–Crippen MR) is 43.4 cm³/mol. The van der Waals surface area contributed by atoms with E-state index in [-0.39, 0.29) is 12.1 Å². The van der Waals surface area contributed by atoms with E-state index in [9.17, 15) is 4.79 Å². The molecule has 3 aliphatic rings. The number of hydrogen-bond acceptors (Lipinski definition) is 2. The van der Waals surface area contributed by atoms with E-state index < -0.39 is 0 Å². The smallest absolute Gasteiger partial charge is 0.306 e. The fourth-order valence-corrected chi connectivity index (χ4v) is 3.54. The second-order valence-corrected chi connectivity index (χ2v) is 4.67. The largest absolute Gasteiger partial charge is 0.462 e. The third-order valence-electron chi connectivity index (χ3n) is 4.17. The van der Waals surface area contributed by atoms with E-state index in [1.165, 1.54) is 12.8 Å². The molecule has 2 aliphatic carbocycles. The van der Waals surface area contributed by atoms with Gasteiger partial charge in [0.25, 0.3) is 0 Å². The third kappa shape index (κ3) is 0.686. The number of ether oxygens (including phenoxy) is 1. The van der Waals surface area contributed by atoms with Gasteiger partial charge in [-0.05, 0) is 36.5 Å². The Bertz CT molecular complexity index is 236. The summed E-state index contributed by atoms with van der Waals surface area (Å²) in [5.41, 5.74) is 0. The van der Waals surface area contributed by atoms with Gasteiger partial charge in [0.1, 0.15) is 6.10 Å². The Morgan fingerprint density at radius 2 is 2.17 bits per heavy atom. The van der Waals surface area contributed by atoms with Gasteiger partial charge in [0.2, 0.25) is 0 Å². The lowest BCUT2D eigenvalue weighted by Crippen LogP contribution is -2.41. The van der Waals surface area contributed by atoms with E-state index in [0.29, 0.717) is 18.3 Å². The van der Waals surface area contributed by atoms with Crippen molar-refractivity contribution in [2.24, 2.45) is 23.7 Å². The molecule has 0 N–H and O–H groups in total. The molecule has 0 amide bonds. The highest BCUT2D eigenvalue weighted by atomic mass is 16.5. The summed E-state index contributed by atoms with van der Waals surface area (Å²) in [6, 6.07) is 0. The predicted octanol–water partition coefficient (Wildman–Crippen LogP) is 1.59. The highest BCUT2D eigenvalue weighted by molar-refractivity contribution is 5.71. The summed E-state index contributed by atoms with van der Waals surface area (Å²) in [6.07, 6.45) is 3.60. The second kappa shape index (κ2) is 2.04. The fourth-order valence-electron chi connectivity index (χ4n) is 3.54. The van der Waals surface area contributed by atoms with Crippen LogP contribution in [0.2, 0.25) is 0 Å². The summed E-state index contributed by atoms with van der Waals surface area (Å²) in [7, 11) is 0. The van der Waals surface area contributed by atoms with Crippen LogP contribution in [0.25, 0.3) is 0 Å². The number of rotatable bonds is 0. The molecule has 2 bridgehead atoms. The molecule has 2 heteroatoms. The van der Waals surface area contributed by atoms with Crippen molar-refractivity contribution >= 4 is 5.97 Å². The lowest BCUT2D eigenvalue weighted by molar-refractivity contribution is -0.166. The van der Waals surface area contributed by atoms with Gasteiger partial charge < -0.3 is 4.74 Å². The summed E-state index contributed by atoms with van der Waals surface area (Å²) in [4.78, 5) is 11.2. The Labute approximate surface area is 72.3 Å². The van der Waals surface area contributed by atoms with Crippen LogP contribution in [0.1, 0.15) is 26.2 Å². The van der Waals surface area contributed by atoms with Gasteiger partial charge in [0.05, 0.1) is 0 Å². The molecular formula is C10H14O2. The average molecular weight is 166 g/mol. The molecule has 66 valence electrons. The van der Waals surface area contributed by atoms with Gasteiger partial charge in [-0.15, -0.1) is 0 Å². The summed E-state index contributed by atoms with van der Waals surface area (Å²) in [6.45, 7) is 2.24. The van der Waals surface area contributed by atoms with Crippen molar-refractivity contribution in [3.05, 3.63) is 0 Å². The van der Waals surface area contributed by atoms with Crippen LogP contribution >= 0.6 is 0 Å². The van der Waals surface area contributed by atoms with Gasteiger partial charge in [-0.25, -0.2) is 0 Å². The third-order valence-corrected chi connectivity index (χ3v) is 4.17. The molecule has 0 aromatic carbocycles. The first-order valence-electron chi connectivity index (χ1n) is 4.95. The van der Waals surface area contributed by atoms with E-state index in [0.717, 1.165) is 11.8 Å². The monoisotopic (exact) mass is 166 g/mol. The minimum atomic E-state index is 0.0495. The normalized spacial score (nSPS) is 55.8. The van der Waals surface area contributed by atoms with Crippen molar-refractivity contribution in [3.8, 4) is 0 Å². The molecule has 2 nitrogen and oxygen atoms in total. The lowest BCUT2D eigenvalue weighted by atomic mass is 9.77. The minimum Gasteiger partial charge on any atom is -0.462 e. The zero-order chi connectivity index (χ0) is 8.29. The number of carbonyl (C=O) groups excluding carboxylic acids is 1. The molecule has 0 aromatic heterocycles. The number of carbonyl (C=O) groups is 1. The average Bonchev–Trinajstić information content (AvgIpc) is 2.53. The quantitative estimate of drug-likeness (QED) is 0.511. The Balaban J connectivity index is 1.94. The SMILES string of the molecule is C[C@H]1C2CC3CC(=O)OC1C3C2. The van der Waals surface area contributed by atoms with Crippen molar-refractivity contribution < 1.29 is 9.53 Å². The maximum atomic E-state index is 11.2. The van der Waals surface area contributed by atoms with E-state index in [4.69, 9.17) is 4.74 Å². The molecule has 1 aliphatic heterocycles. The van der Waals surface area contributed by atoms with Crippen molar-refractivity contribution in [3.63, 3.8) is 0 Å². The van der Waals surface area contributed by atoms with Crippen molar-refractivity contribution in [1.82, 2.24) is 0 Å². The van der Waals surface area contributed by atoms with Crippen LogP contribution in [0.5, 0.6) is 0 Å². The summed E-state index contributed by atoms with van der Waals surface area (Å²) >= 11 is 0. The Hall–Kier alpha value is -0.530. The molecule has 0 aromatic rings. The molecule has 1 saturated heterocycles. The van der Waals surface area contributed by atoms with Crippen LogP contribution in [0.3, 0.4) is 0 Å². The zero-order valence-corrected chi connectivity index (χ0v) is 7.32. The van der Waals surface area contributed by atoms with E-state index in [1.54, 1.807) is 0 Å². The van der Waals surface area contributed by atoms with Gasteiger partial charge in [0.15, 0.2) is 0 Å². The first-order chi connectivity index (χ1) is 5.75. The van der Waals surface area contributed by atoms with Gasteiger partial charge in [-0.3, -0.25) is 4.79 Å². The van der Waals surface area contributed by atoms with Crippen molar-refractivity contribution in [2.45, 2.75) is 32.3 Å². The Morgan fingerprint density at radius 3 is 2.92 bits per heavy atom. The molecule has 5 atom stereocenters. The van der Waals surface area contributed by atoms with Crippen LogP contribution in [-0.2, 0) is 9.53 Å². The number of fused-ring (bicyclic) bond motifs is 1. The van der Waals surface area contributed by atoms with Crippen LogP contribution in [0, 0.1) is 23.7 Å². The first kappa shape index (κ1) is 6.93. The van der Waals surface area contributed by atoms with Gasteiger partial charge in [0, 0.05) is 6.42 Å². The molecule has 3 rings (SSSR count). The highest BCUT2D eigenvalue weighted by Crippen LogP contribution is 2.56. The van der Waals surface area contributed by atoms with Crippen LogP contribution in [-0.4, -0.2) is 12.1 Å². The highest BCUT2D eigenvalue weighted by Gasteiger charge is 2.55. The van der Waals surface area contributed by atoms with Crippen LogP contribution in [0.15, 0.2) is 0 Å². The summed E-state index contributed by atoms with van der Waals surface area (Å²) in [5.74, 6) is 2.95. The molecule has 2 saturated carbocycles. The van der Waals surface area contributed by atoms with Gasteiger partial charge >= 0.3 is 5.97 Å². The van der Waals surface area contributed by atoms with Gasteiger partial charge in [-0.1, -0.05) is 6.92 Å². The molecule has 0 spiro atoms. The molecule has 12 heavy (non-hydrogen) atoms. The van der Waals surface area contributed by atoms with Crippen molar-refractivity contribution in [2.75, 3.05) is 0 Å². The maximum absolute atomic E-state index is 11.2. The number of esters is 1. The van der Waals surface area contributed by atoms with Crippen LogP contribution < -0.4 is 0 Å². The summed E-state index contributed by atoms with van der Waals surface area (Å²) < 4.78 is 5.38. The first-order valence-corrected chi connectivity index (χ1v) is 4.95. The lowest BCUT2D eigenvalue weighted by Gasteiger charge is -2.37. The standard InChI is InChI=1S/C10H14O2/c1-5-6-2-7-4-9(11)12-10(5)8(7)3-6/h5-8,10H,2-4H2,1H3/t5-,6?,7?,8?,10?/m0/s1. The topological polar surface area (TPSA) is 26.3 Å². The molecule has 0 radical (unpaired) electrons. The Morgan fingerprint density at radius 1 is 1.33 bits per heavy atom. The maximum Gasteiger partial charge on any atom is 0.306 e. The van der Waals surface area contributed by atoms with Crippen LogP contribution in [0.4, 0.5) is 0 Å². The molecule has 3 fully saturated rings. The molecular weight excluding hydrogens is 152 g/mol. The summed E-state index contributed by atoms with van der Waals surface area (Å²) in [5, 5.41) is 0. The van der Waals surface area contributed by atoms with E-state index in [1.807, 2.05) is 0 Å². The molecule has 1 heterocycles. The van der Waals surface area contributed by atoms with E-state index in [2.05, 4.69) is 6.92 Å². The van der Waals surface area contributed by atoms with Crippen molar-refractivity contribution in [1.29, 1.82) is 0 Å². The fraction of sp³-hybridized carbons (Fsp3) is 0.900. The minimum absolute atomic E-state index is 0.0495. The molecule has 4 unspecified atom stereocenters. The number of hydrogen-bond donors (Lipinski definition) is 0. The van der Waals surface area contributed by atoms with E-state index >= 15 is 0 Å². The zero-order valence-electron chi connectivity index (χ0n) is 7.32. The van der Waals surface area contributed by atoms with Gasteiger partial charge in [-0.2, -0.15) is 0 Å².